The highest BCUT2D eigenvalue weighted by atomic mass is 16.1. The molecule has 4 heteroatoms. The highest BCUT2D eigenvalue weighted by Gasteiger charge is 2.13. The molecule has 0 bridgehead atoms. The molecule has 0 aromatic rings. The van der Waals surface area contributed by atoms with Gasteiger partial charge in [-0.2, -0.15) is 0 Å². The minimum absolute atomic E-state index is 0.295. The molecule has 136 valence electrons. The molecule has 0 unspecified atom stereocenters. The van der Waals surface area contributed by atoms with Crippen molar-refractivity contribution in [3.63, 3.8) is 0 Å². The van der Waals surface area contributed by atoms with Gasteiger partial charge in [-0.1, -0.05) is 64.7 Å². The van der Waals surface area contributed by atoms with E-state index in [1.807, 2.05) is 40.0 Å². The van der Waals surface area contributed by atoms with Crippen LogP contribution in [0.3, 0.4) is 0 Å². The van der Waals surface area contributed by atoms with Crippen LogP contribution in [0.1, 0.15) is 47.5 Å². The van der Waals surface area contributed by atoms with Gasteiger partial charge in [0.15, 0.2) is 5.84 Å². The van der Waals surface area contributed by atoms with E-state index in [2.05, 4.69) is 35.4 Å². The lowest BCUT2D eigenvalue weighted by atomic mass is 10.2. The predicted octanol–water partition coefficient (Wildman–Crippen LogP) is 5.13. The molecule has 0 aromatic carbocycles. The van der Waals surface area contributed by atoms with Crippen LogP contribution < -0.4 is 5.32 Å². The van der Waals surface area contributed by atoms with Gasteiger partial charge in [-0.25, -0.2) is 4.99 Å². The smallest absolute Gasteiger partial charge is 0.256 e. The Morgan fingerprint density at radius 1 is 1.24 bits per heavy atom. The molecule has 0 spiro atoms. The number of rotatable bonds is 9. The Morgan fingerprint density at radius 2 is 1.92 bits per heavy atom. The standard InChI is InChI=1S/C21H31N3O/c1-8-11-12-14-22-20(19(17(6)7)23-15-16(4)5)24-21(25)18(10-3)13-9-2/h9-10,12-16H,2-3,8,11H2,1,4-7H3,(H,22,24,25)/b14-12+,18-13+,23-15?. The highest BCUT2D eigenvalue weighted by Crippen LogP contribution is 2.09. The Hall–Kier alpha value is -2.49. The van der Waals surface area contributed by atoms with E-state index in [1.165, 1.54) is 6.08 Å². The molecule has 0 aliphatic carbocycles. The number of nitrogens with zero attached hydrogens (tertiary/aromatic N) is 2. The Bertz CT molecular complexity index is 613. The number of carbonyl (C=O) groups is 1. The molecular weight excluding hydrogens is 310 g/mol. The summed E-state index contributed by atoms with van der Waals surface area (Å²) in [6, 6.07) is 0. The van der Waals surface area contributed by atoms with Crippen molar-refractivity contribution in [2.24, 2.45) is 15.9 Å². The lowest BCUT2D eigenvalue weighted by Crippen LogP contribution is -2.32. The second-order valence-electron chi connectivity index (χ2n) is 6.04. The normalized spacial score (nSPS) is 12.7. The van der Waals surface area contributed by atoms with Gasteiger partial charge in [0, 0.05) is 18.0 Å². The van der Waals surface area contributed by atoms with E-state index in [0.29, 0.717) is 23.0 Å². The fourth-order valence-corrected chi connectivity index (χ4v) is 1.71. The van der Waals surface area contributed by atoms with Gasteiger partial charge in [0.1, 0.15) is 5.70 Å². The third-order valence-corrected chi connectivity index (χ3v) is 2.98. The maximum Gasteiger partial charge on any atom is 0.256 e. The average Bonchev–Trinajstić information content (AvgIpc) is 2.55. The summed E-state index contributed by atoms with van der Waals surface area (Å²) in [6.45, 7) is 17.4. The molecule has 4 nitrogen and oxygen atoms in total. The molecule has 0 atom stereocenters. The van der Waals surface area contributed by atoms with Crippen molar-refractivity contribution in [3.05, 3.63) is 60.5 Å². The zero-order chi connectivity index (χ0) is 19.2. The average molecular weight is 341 g/mol. The number of allylic oxidation sites excluding steroid dienone is 4. The molecule has 0 saturated heterocycles. The van der Waals surface area contributed by atoms with Gasteiger partial charge in [0.05, 0.1) is 0 Å². The Balaban J connectivity index is 5.80. The largest absolute Gasteiger partial charge is 0.305 e. The summed E-state index contributed by atoms with van der Waals surface area (Å²) in [5.74, 6) is 0.424. The first-order chi connectivity index (χ1) is 11.9. The summed E-state index contributed by atoms with van der Waals surface area (Å²) in [5.41, 5.74) is 2.04. The first-order valence-electron chi connectivity index (χ1n) is 8.58. The van der Waals surface area contributed by atoms with E-state index < -0.39 is 0 Å². The predicted molar refractivity (Wildman–Crippen MR) is 110 cm³/mol. The van der Waals surface area contributed by atoms with Crippen LogP contribution in [0.2, 0.25) is 0 Å². The van der Waals surface area contributed by atoms with Crippen molar-refractivity contribution in [2.45, 2.75) is 47.5 Å². The molecule has 0 aliphatic rings. The molecule has 0 radical (unpaired) electrons. The molecule has 0 heterocycles. The zero-order valence-electron chi connectivity index (χ0n) is 16.2. The number of amides is 1. The van der Waals surface area contributed by atoms with Gasteiger partial charge in [0.2, 0.25) is 0 Å². The second-order valence-corrected chi connectivity index (χ2v) is 6.04. The number of carbonyl (C=O) groups excluding carboxylic acids is 1. The number of amidine groups is 1. The number of nitrogens with one attached hydrogen (secondary N) is 1. The number of aliphatic imine (C=N–C) groups is 2. The van der Waals surface area contributed by atoms with Gasteiger partial charge in [-0.3, -0.25) is 9.79 Å². The van der Waals surface area contributed by atoms with E-state index in [9.17, 15) is 4.79 Å². The lowest BCUT2D eigenvalue weighted by Gasteiger charge is -2.11. The van der Waals surface area contributed by atoms with Crippen LogP contribution in [0, 0.1) is 5.92 Å². The molecular formula is C21H31N3O. The first kappa shape index (κ1) is 22.5. The molecule has 1 amide bonds. The topological polar surface area (TPSA) is 53.8 Å². The summed E-state index contributed by atoms with van der Waals surface area (Å²) in [6.07, 6.45) is 12.1. The van der Waals surface area contributed by atoms with Crippen LogP contribution in [0.25, 0.3) is 0 Å². The third-order valence-electron chi connectivity index (χ3n) is 2.98. The summed E-state index contributed by atoms with van der Waals surface area (Å²) >= 11 is 0. The quantitative estimate of drug-likeness (QED) is 0.269. The number of hydrogen-bond donors (Lipinski definition) is 1. The summed E-state index contributed by atoms with van der Waals surface area (Å²) in [5, 5.41) is 2.84. The van der Waals surface area contributed by atoms with Crippen molar-refractivity contribution >= 4 is 18.0 Å². The minimum atomic E-state index is -0.295. The van der Waals surface area contributed by atoms with Crippen molar-refractivity contribution in [1.82, 2.24) is 5.32 Å². The van der Waals surface area contributed by atoms with Crippen molar-refractivity contribution in [2.75, 3.05) is 0 Å². The zero-order valence-corrected chi connectivity index (χ0v) is 16.2. The molecule has 25 heavy (non-hydrogen) atoms. The summed E-state index contributed by atoms with van der Waals surface area (Å²) in [4.78, 5) is 21.4. The molecule has 0 saturated carbocycles. The molecule has 1 N–H and O–H groups in total. The van der Waals surface area contributed by atoms with E-state index >= 15 is 0 Å². The van der Waals surface area contributed by atoms with Crippen LogP contribution in [-0.2, 0) is 4.79 Å². The van der Waals surface area contributed by atoms with Gasteiger partial charge in [-0.15, -0.1) is 0 Å². The number of hydrogen-bond acceptors (Lipinski definition) is 3. The van der Waals surface area contributed by atoms with E-state index in [-0.39, 0.29) is 5.91 Å². The molecule has 0 rings (SSSR count). The fourth-order valence-electron chi connectivity index (χ4n) is 1.71. The van der Waals surface area contributed by atoms with E-state index in [1.54, 1.807) is 18.4 Å². The van der Waals surface area contributed by atoms with E-state index in [0.717, 1.165) is 18.4 Å². The maximum atomic E-state index is 12.5. The highest BCUT2D eigenvalue weighted by molar-refractivity contribution is 6.13. The van der Waals surface area contributed by atoms with Crippen molar-refractivity contribution < 1.29 is 4.79 Å². The van der Waals surface area contributed by atoms with Crippen LogP contribution in [-0.4, -0.2) is 18.0 Å². The van der Waals surface area contributed by atoms with Crippen LogP contribution in [0.5, 0.6) is 0 Å². The maximum absolute atomic E-state index is 12.5. The minimum Gasteiger partial charge on any atom is -0.305 e. The van der Waals surface area contributed by atoms with Crippen molar-refractivity contribution in [1.29, 1.82) is 0 Å². The SMILES string of the molecule is C=C/C=C(\C=C)C(=O)NC(=N/C=C/CCC)C(N=CC(C)C)=C(C)C. The van der Waals surface area contributed by atoms with Crippen LogP contribution in [0.15, 0.2) is 70.5 Å². The van der Waals surface area contributed by atoms with E-state index in [4.69, 9.17) is 0 Å². The van der Waals surface area contributed by atoms with Gasteiger partial charge in [-0.05, 0) is 31.8 Å². The Kier molecular flexibility index (Phi) is 11.6. The number of unbranched alkanes of at least 4 members (excludes halogenated alkanes) is 1. The van der Waals surface area contributed by atoms with Crippen molar-refractivity contribution in [3.8, 4) is 0 Å². The molecule has 0 aliphatic heterocycles. The lowest BCUT2D eigenvalue weighted by molar-refractivity contribution is -0.115. The van der Waals surface area contributed by atoms with Gasteiger partial charge in [0.25, 0.3) is 5.91 Å². The monoisotopic (exact) mass is 341 g/mol. The Morgan fingerprint density at radius 3 is 2.40 bits per heavy atom. The molecule has 0 fully saturated rings. The summed E-state index contributed by atoms with van der Waals surface area (Å²) < 4.78 is 0. The van der Waals surface area contributed by atoms with Gasteiger partial charge < -0.3 is 5.32 Å². The fraction of sp³-hybridized carbons (Fsp3) is 0.381. The third kappa shape index (κ3) is 9.40. The molecule has 0 aromatic heterocycles. The van der Waals surface area contributed by atoms with Crippen LogP contribution >= 0.6 is 0 Å². The van der Waals surface area contributed by atoms with Gasteiger partial charge >= 0.3 is 0 Å². The summed E-state index contributed by atoms with van der Waals surface area (Å²) in [7, 11) is 0. The first-order valence-corrected chi connectivity index (χ1v) is 8.58. The second kappa shape index (κ2) is 12.9. The Labute approximate surface area is 152 Å². The van der Waals surface area contributed by atoms with Crippen LogP contribution in [0.4, 0.5) is 0 Å².